The highest BCUT2D eigenvalue weighted by molar-refractivity contribution is 6.31. The number of aryl methyl sites for hydroxylation is 1. The van der Waals surface area contributed by atoms with Crippen LogP contribution in [-0.2, 0) is 0 Å². The SMILES string of the molecule is Cc1ccc(-n2nnc(-c3ccccn3)c2N)cc1Cl. The number of anilines is 1. The maximum Gasteiger partial charge on any atom is 0.157 e. The quantitative estimate of drug-likeness (QED) is 0.786. The van der Waals surface area contributed by atoms with Crippen molar-refractivity contribution in [3.8, 4) is 17.1 Å². The summed E-state index contributed by atoms with van der Waals surface area (Å²) in [4.78, 5) is 4.23. The summed E-state index contributed by atoms with van der Waals surface area (Å²) in [5.41, 5.74) is 9.13. The molecule has 1 aromatic carbocycles. The molecule has 5 nitrogen and oxygen atoms in total. The van der Waals surface area contributed by atoms with Crippen LogP contribution in [0.5, 0.6) is 0 Å². The summed E-state index contributed by atoms with van der Waals surface area (Å²) in [5, 5.41) is 8.84. The third-order valence-corrected chi connectivity index (χ3v) is 3.42. The zero-order valence-corrected chi connectivity index (χ0v) is 11.5. The van der Waals surface area contributed by atoms with Crippen LogP contribution in [0.4, 0.5) is 5.82 Å². The van der Waals surface area contributed by atoms with E-state index in [2.05, 4.69) is 15.3 Å². The molecule has 20 heavy (non-hydrogen) atoms. The molecule has 3 rings (SSSR count). The number of aromatic nitrogens is 4. The molecule has 3 aromatic rings. The van der Waals surface area contributed by atoms with Crippen molar-refractivity contribution in [2.45, 2.75) is 6.92 Å². The summed E-state index contributed by atoms with van der Waals surface area (Å²) in [7, 11) is 0. The van der Waals surface area contributed by atoms with Crippen molar-refractivity contribution in [2.75, 3.05) is 5.73 Å². The van der Waals surface area contributed by atoms with Crippen LogP contribution in [0.2, 0.25) is 5.02 Å². The number of hydrogen-bond donors (Lipinski definition) is 1. The lowest BCUT2D eigenvalue weighted by Crippen LogP contribution is -2.02. The zero-order chi connectivity index (χ0) is 14.1. The van der Waals surface area contributed by atoms with E-state index in [1.165, 1.54) is 0 Å². The van der Waals surface area contributed by atoms with Crippen LogP contribution < -0.4 is 5.73 Å². The number of nitrogens with zero attached hydrogens (tertiary/aromatic N) is 4. The highest BCUT2D eigenvalue weighted by atomic mass is 35.5. The second-order valence-electron chi connectivity index (χ2n) is 4.38. The van der Waals surface area contributed by atoms with E-state index in [0.717, 1.165) is 11.3 Å². The molecule has 2 heterocycles. The third kappa shape index (κ3) is 2.12. The summed E-state index contributed by atoms with van der Waals surface area (Å²) in [6, 6.07) is 11.2. The van der Waals surface area contributed by atoms with Gasteiger partial charge in [-0.1, -0.05) is 28.9 Å². The molecule has 0 atom stereocenters. The number of halogens is 1. The van der Waals surface area contributed by atoms with Crippen molar-refractivity contribution >= 4 is 17.4 Å². The Labute approximate surface area is 121 Å². The molecule has 6 heteroatoms. The standard InChI is InChI=1S/C14H12ClN5/c1-9-5-6-10(8-11(9)15)20-14(16)13(18-19-20)12-4-2-3-7-17-12/h2-8H,16H2,1H3. The second kappa shape index (κ2) is 4.94. The Morgan fingerprint density at radius 1 is 1.20 bits per heavy atom. The van der Waals surface area contributed by atoms with Gasteiger partial charge in [-0.3, -0.25) is 4.98 Å². The van der Waals surface area contributed by atoms with Gasteiger partial charge in [0.05, 0.1) is 11.4 Å². The van der Waals surface area contributed by atoms with E-state index in [0.29, 0.717) is 22.2 Å². The maximum absolute atomic E-state index is 6.13. The molecule has 0 aliphatic heterocycles. The summed E-state index contributed by atoms with van der Waals surface area (Å²) >= 11 is 6.13. The van der Waals surface area contributed by atoms with Crippen molar-refractivity contribution < 1.29 is 0 Å². The molecular weight excluding hydrogens is 274 g/mol. The largest absolute Gasteiger partial charge is 0.382 e. The fraction of sp³-hybridized carbons (Fsp3) is 0.0714. The normalized spacial score (nSPS) is 10.7. The van der Waals surface area contributed by atoms with Crippen molar-refractivity contribution in [2.24, 2.45) is 0 Å². The Bertz CT molecular complexity index is 752. The van der Waals surface area contributed by atoms with Crippen LogP contribution in [0.1, 0.15) is 5.56 Å². The molecular formula is C14H12ClN5. The van der Waals surface area contributed by atoms with Gasteiger partial charge in [-0.15, -0.1) is 5.10 Å². The monoisotopic (exact) mass is 285 g/mol. The van der Waals surface area contributed by atoms with Gasteiger partial charge in [-0.05, 0) is 36.8 Å². The first kappa shape index (κ1) is 12.6. The second-order valence-corrected chi connectivity index (χ2v) is 4.79. The van der Waals surface area contributed by atoms with Crippen LogP contribution in [0.15, 0.2) is 42.6 Å². The fourth-order valence-corrected chi connectivity index (χ4v) is 2.05. The van der Waals surface area contributed by atoms with Crippen molar-refractivity contribution in [3.63, 3.8) is 0 Å². The van der Waals surface area contributed by atoms with E-state index in [1.807, 2.05) is 43.3 Å². The van der Waals surface area contributed by atoms with Crippen LogP contribution >= 0.6 is 11.6 Å². The topological polar surface area (TPSA) is 69.6 Å². The predicted molar refractivity (Wildman–Crippen MR) is 78.7 cm³/mol. The number of hydrogen-bond acceptors (Lipinski definition) is 4. The first-order chi connectivity index (χ1) is 9.66. The lowest BCUT2D eigenvalue weighted by Gasteiger charge is -2.05. The molecule has 0 saturated carbocycles. The van der Waals surface area contributed by atoms with Gasteiger partial charge in [0, 0.05) is 11.2 Å². The number of nitrogen functional groups attached to an aromatic ring is 1. The first-order valence-electron chi connectivity index (χ1n) is 6.06. The van der Waals surface area contributed by atoms with E-state index in [1.54, 1.807) is 10.9 Å². The van der Waals surface area contributed by atoms with Gasteiger partial charge in [-0.2, -0.15) is 4.68 Å². The van der Waals surface area contributed by atoms with Crippen LogP contribution in [0.25, 0.3) is 17.1 Å². The minimum atomic E-state index is 0.434. The van der Waals surface area contributed by atoms with Gasteiger partial charge in [0.1, 0.15) is 0 Å². The summed E-state index contributed by atoms with van der Waals surface area (Å²) in [5.74, 6) is 0.434. The molecule has 0 aliphatic carbocycles. The first-order valence-corrected chi connectivity index (χ1v) is 6.43. The average Bonchev–Trinajstić information content (AvgIpc) is 2.85. The number of pyridine rings is 1. The summed E-state index contributed by atoms with van der Waals surface area (Å²) < 4.78 is 1.55. The molecule has 2 aromatic heterocycles. The van der Waals surface area contributed by atoms with Crippen molar-refractivity contribution in [1.82, 2.24) is 20.0 Å². The Morgan fingerprint density at radius 2 is 2.05 bits per heavy atom. The predicted octanol–water partition coefficient (Wildman–Crippen LogP) is 2.87. The minimum absolute atomic E-state index is 0.434. The Kier molecular flexibility index (Phi) is 3.12. The van der Waals surface area contributed by atoms with Gasteiger partial charge >= 0.3 is 0 Å². The molecule has 0 fully saturated rings. The Hall–Kier alpha value is -2.40. The van der Waals surface area contributed by atoms with Gasteiger partial charge < -0.3 is 5.73 Å². The number of nitrogens with two attached hydrogens (primary N) is 1. The van der Waals surface area contributed by atoms with Gasteiger partial charge in [-0.25, -0.2) is 0 Å². The van der Waals surface area contributed by atoms with Crippen molar-refractivity contribution in [1.29, 1.82) is 0 Å². The lowest BCUT2D eigenvalue weighted by atomic mass is 10.2. The molecule has 100 valence electrons. The molecule has 0 amide bonds. The van der Waals surface area contributed by atoms with Crippen LogP contribution in [0.3, 0.4) is 0 Å². The Morgan fingerprint density at radius 3 is 2.75 bits per heavy atom. The minimum Gasteiger partial charge on any atom is -0.382 e. The number of rotatable bonds is 2. The molecule has 2 N–H and O–H groups in total. The summed E-state index contributed by atoms with van der Waals surface area (Å²) in [6.07, 6.45) is 1.69. The highest BCUT2D eigenvalue weighted by Gasteiger charge is 2.14. The van der Waals surface area contributed by atoms with Gasteiger partial charge in [0.25, 0.3) is 0 Å². The molecule has 0 radical (unpaired) electrons. The average molecular weight is 286 g/mol. The smallest absolute Gasteiger partial charge is 0.157 e. The molecule has 0 unspecified atom stereocenters. The third-order valence-electron chi connectivity index (χ3n) is 3.01. The van der Waals surface area contributed by atoms with E-state index in [-0.39, 0.29) is 0 Å². The zero-order valence-electron chi connectivity index (χ0n) is 10.8. The van der Waals surface area contributed by atoms with E-state index in [9.17, 15) is 0 Å². The summed E-state index contributed by atoms with van der Waals surface area (Å²) in [6.45, 7) is 1.94. The lowest BCUT2D eigenvalue weighted by molar-refractivity contribution is 0.810. The fourth-order valence-electron chi connectivity index (χ4n) is 1.88. The van der Waals surface area contributed by atoms with Gasteiger partial charge in [0.15, 0.2) is 11.5 Å². The van der Waals surface area contributed by atoms with Crippen LogP contribution in [-0.4, -0.2) is 20.0 Å². The number of benzene rings is 1. The van der Waals surface area contributed by atoms with Crippen molar-refractivity contribution in [3.05, 3.63) is 53.2 Å². The van der Waals surface area contributed by atoms with E-state index in [4.69, 9.17) is 17.3 Å². The molecule has 0 saturated heterocycles. The van der Waals surface area contributed by atoms with E-state index >= 15 is 0 Å². The molecule has 0 bridgehead atoms. The van der Waals surface area contributed by atoms with Gasteiger partial charge in [0.2, 0.25) is 0 Å². The molecule has 0 aliphatic rings. The Balaban J connectivity index is 2.08. The van der Waals surface area contributed by atoms with E-state index < -0.39 is 0 Å². The highest BCUT2D eigenvalue weighted by Crippen LogP contribution is 2.25. The maximum atomic E-state index is 6.13. The van der Waals surface area contributed by atoms with Crippen LogP contribution in [0, 0.1) is 6.92 Å². The molecule has 0 spiro atoms.